The van der Waals surface area contributed by atoms with E-state index in [1.165, 1.54) is 0 Å². The van der Waals surface area contributed by atoms with Crippen molar-refractivity contribution in [3.63, 3.8) is 0 Å². The normalized spacial score (nSPS) is 15.2. The SMILES string of the molecule is CC(C)(C)Nc1ncc2nc(Nc3ccc(C#N)cc3)n(C3CCNCC3)c2n1. The lowest BCUT2D eigenvalue weighted by molar-refractivity contribution is 0.377. The molecule has 3 aromatic rings. The van der Waals surface area contributed by atoms with Crippen LogP contribution in [0.1, 0.15) is 45.2 Å². The number of fused-ring (bicyclic) bond motifs is 1. The van der Waals surface area contributed by atoms with E-state index in [4.69, 9.17) is 15.2 Å². The maximum absolute atomic E-state index is 9.02. The number of nitrogens with zero attached hydrogens (tertiary/aromatic N) is 5. The van der Waals surface area contributed by atoms with E-state index < -0.39 is 0 Å². The van der Waals surface area contributed by atoms with Gasteiger partial charge < -0.3 is 16.0 Å². The Labute approximate surface area is 170 Å². The average molecular weight is 390 g/mol. The smallest absolute Gasteiger partial charge is 0.225 e. The van der Waals surface area contributed by atoms with Crippen molar-refractivity contribution in [1.82, 2.24) is 24.8 Å². The van der Waals surface area contributed by atoms with E-state index in [2.05, 4.69) is 52.3 Å². The van der Waals surface area contributed by atoms with Gasteiger partial charge in [0.25, 0.3) is 0 Å². The molecular formula is C21H26N8. The molecule has 0 unspecified atom stereocenters. The summed E-state index contributed by atoms with van der Waals surface area (Å²) < 4.78 is 2.20. The fourth-order valence-electron chi connectivity index (χ4n) is 3.54. The van der Waals surface area contributed by atoms with Crippen molar-refractivity contribution >= 4 is 28.7 Å². The topological polar surface area (TPSA) is 103 Å². The second-order valence-electron chi connectivity index (χ2n) is 8.38. The van der Waals surface area contributed by atoms with E-state index in [9.17, 15) is 0 Å². The number of hydrogen-bond acceptors (Lipinski definition) is 7. The molecule has 0 spiro atoms. The van der Waals surface area contributed by atoms with Gasteiger partial charge in [-0.1, -0.05) is 0 Å². The zero-order valence-electron chi connectivity index (χ0n) is 17.0. The Hall–Kier alpha value is -3.18. The van der Waals surface area contributed by atoms with Crippen LogP contribution in [0, 0.1) is 11.3 Å². The molecule has 2 aromatic heterocycles. The van der Waals surface area contributed by atoms with Crippen LogP contribution in [0.25, 0.3) is 11.2 Å². The van der Waals surface area contributed by atoms with E-state index >= 15 is 0 Å². The van der Waals surface area contributed by atoms with Gasteiger partial charge in [-0.25, -0.2) is 9.97 Å². The molecular weight excluding hydrogens is 364 g/mol. The van der Waals surface area contributed by atoms with Crippen LogP contribution in [-0.4, -0.2) is 38.1 Å². The van der Waals surface area contributed by atoms with Crippen LogP contribution < -0.4 is 16.0 Å². The van der Waals surface area contributed by atoms with E-state index in [0.29, 0.717) is 17.6 Å². The van der Waals surface area contributed by atoms with Gasteiger partial charge in [-0.2, -0.15) is 10.2 Å². The van der Waals surface area contributed by atoms with Crippen LogP contribution in [0.2, 0.25) is 0 Å². The zero-order valence-corrected chi connectivity index (χ0v) is 17.0. The molecule has 0 radical (unpaired) electrons. The third kappa shape index (κ3) is 4.30. The third-order valence-electron chi connectivity index (χ3n) is 4.86. The van der Waals surface area contributed by atoms with Crippen LogP contribution in [0.5, 0.6) is 0 Å². The Morgan fingerprint density at radius 2 is 1.86 bits per heavy atom. The number of nitriles is 1. The lowest BCUT2D eigenvalue weighted by atomic mass is 10.1. The zero-order chi connectivity index (χ0) is 20.4. The molecule has 1 fully saturated rings. The summed E-state index contributed by atoms with van der Waals surface area (Å²) in [6.45, 7) is 8.20. The van der Waals surface area contributed by atoms with Gasteiger partial charge in [0.1, 0.15) is 5.52 Å². The lowest BCUT2D eigenvalue weighted by Crippen LogP contribution is -2.30. The van der Waals surface area contributed by atoms with Gasteiger partial charge in [0.15, 0.2) is 5.65 Å². The quantitative estimate of drug-likeness (QED) is 0.625. The lowest BCUT2D eigenvalue weighted by Gasteiger charge is -2.26. The summed E-state index contributed by atoms with van der Waals surface area (Å²) in [5, 5.41) is 19.2. The highest BCUT2D eigenvalue weighted by atomic mass is 15.3. The maximum atomic E-state index is 9.02. The molecule has 1 aromatic carbocycles. The van der Waals surface area contributed by atoms with Crippen LogP contribution in [0.15, 0.2) is 30.5 Å². The van der Waals surface area contributed by atoms with E-state index in [0.717, 1.165) is 48.7 Å². The summed E-state index contributed by atoms with van der Waals surface area (Å²) in [5.41, 5.74) is 2.98. The summed E-state index contributed by atoms with van der Waals surface area (Å²) in [7, 11) is 0. The first-order valence-corrected chi connectivity index (χ1v) is 9.94. The summed E-state index contributed by atoms with van der Waals surface area (Å²) in [4.78, 5) is 14.0. The highest BCUT2D eigenvalue weighted by Gasteiger charge is 2.23. The van der Waals surface area contributed by atoms with Gasteiger partial charge in [0, 0.05) is 17.3 Å². The molecule has 150 valence electrons. The average Bonchev–Trinajstić information content (AvgIpc) is 3.05. The Morgan fingerprint density at radius 3 is 2.52 bits per heavy atom. The number of hydrogen-bond donors (Lipinski definition) is 3. The van der Waals surface area contributed by atoms with E-state index in [1.807, 2.05) is 12.1 Å². The fraction of sp³-hybridized carbons (Fsp3) is 0.429. The monoisotopic (exact) mass is 390 g/mol. The van der Waals surface area contributed by atoms with Crippen LogP contribution in [-0.2, 0) is 0 Å². The number of piperidine rings is 1. The number of imidazole rings is 1. The highest BCUT2D eigenvalue weighted by Crippen LogP contribution is 2.30. The maximum Gasteiger partial charge on any atom is 0.225 e. The first-order valence-electron chi connectivity index (χ1n) is 9.94. The van der Waals surface area contributed by atoms with Crippen molar-refractivity contribution in [2.24, 2.45) is 0 Å². The molecule has 0 saturated carbocycles. The van der Waals surface area contributed by atoms with Crippen LogP contribution in [0.4, 0.5) is 17.6 Å². The van der Waals surface area contributed by atoms with Crippen molar-refractivity contribution < 1.29 is 0 Å². The standard InChI is InChI=1S/C21H26N8/c1-21(2,3)28-19-24-13-17-18(27-19)29(16-8-10-23-11-9-16)20(26-17)25-15-6-4-14(12-22)5-7-15/h4-7,13,16,23H,8-11H2,1-3H3,(H,25,26)(H,24,27,28). The summed E-state index contributed by atoms with van der Waals surface area (Å²) >= 11 is 0. The van der Waals surface area contributed by atoms with Gasteiger partial charge in [-0.3, -0.25) is 4.57 Å². The molecule has 8 heteroatoms. The molecule has 3 heterocycles. The van der Waals surface area contributed by atoms with Crippen molar-refractivity contribution in [1.29, 1.82) is 5.26 Å². The Bertz CT molecular complexity index is 1030. The molecule has 3 N–H and O–H groups in total. The molecule has 0 bridgehead atoms. The number of rotatable bonds is 4. The van der Waals surface area contributed by atoms with Gasteiger partial charge in [0.05, 0.1) is 17.8 Å². The minimum absolute atomic E-state index is 0.128. The largest absolute Gasteiger partial charge is 0.350 e. The molecule has 4 rings (SSSR count). The molecule has 8 nitrogen and oxygen atoms in total. The fourth-order valence-corrected chi connectivity index (χ4v) is 3.54. The van der Waals surface area contributed by atoms with E-state index in [-0.39, 0.29) is 5.54 Å². The van der Waals surface area contributed by atoms with Gasteiger partial charge in [0.2, 0.25) is 11.9 Å². The van der Waals surface area contributed by atoms with Crippen molar-refractivity contribution in [3.8, 4) is 6.07 Å². The Kier molecular flexibility index (Phi) is 5.07. The second kappa shape index (κ2) is 7.68. The van der Waals surface area contributed by atoms with Crippen molar-refractivity contribution in [2.75, 3.05) is 23.7 Å². The van der Waals surface area contributed by atoms with Gasteiger partial charge >= 0.3 is 0 Å². The van der Waals surface area contributed by atoms with Gasteiger partial charge in [-0.15, -0.1) is 0 Å². The number of nitrogens with one attached hydrogen (secondary N) is 3. The molecule has 1 aliphatic heterocycles. The molecule has 0 aliphatic carbocycles. The van der Waals surface area contributed by atoms with Crippen LogP contribution >= 0.6 is 0 Å². The Balaban J connectivity index is 1.76. The predicted octanol–water partition coefficient (Wildman–Crippen LogP) is 3.58. The highest BCUT2D eigenvalue weighted by molar-refractivity contribution is 5.76. The molecule has 0 atom stereocenters. The first-order chi connectivity index (χ1) is 13.9. The molecule has 1 saturated heterocycles. The predicted molar refractivity (Wildman–Crippen MR) is 114 cm³/mol. The minimum atomic E-state index is -0.128. The summed E-state index contributed by atoms with van der Waals surface area (Å²) in [6, 6.07) is 9.83. The number of aromatic nitrogens is 4. The van der Waals surface area contributed by atoms with Gasteiger partial charge in [-0.05, 0) is 71.0 Å². The molecule has 0 amide bonds. The summed E-state index contributed by atoms with van der Waals surface area (Å²) in [5.74, 6) is 1.35. The van der Waals surface area contributed by atoms with Crippen LogP contribution in [0.3, 0.4) is 0 Å². The summed E-state index contributed by atoms with van der Waals surface area (Å²) in [6.07, 6.45) is 3.80. The van der Waals surface area contributed by atoms with E-state index in [1.54, 1.807) is 18.3 Å². The molecule has 1 aliphatic rings. The second-order valence-corrected chi connectivity index (χ2v) is 8.38. The first kappa shape index (κ1) is 19.2. The van der Waals surface area contributed by atoms with Crippen molar-refractivity contribution in [2.45, 2.75) is 45.2 Å². The number of benzene rings is 1. The number of anilines is 3. The Morgan fingerprint density at radius 1 is 1.14 bits per heavy atom. The third-order valence-corrected chi connectivity index (χ3v) is 4.86. The minimum Gasteiger partial charge on any atom is -0.350 e. The molecule has 29 heavy (non-hydrogen) atoms. The van der Waals surface area contributed by atoms with Crippen molar-refractivity contribution in [3.05, 3.63) is 36.0 Å².